The maximum absolute atomic E-state index is 12.5. The quantitative estimate of drug-likeness (QED) is 0.838. The Morgan fingerprint density at radius 3 is 2.91 bits per heavy atom. The first-order chi connectivity index (χ1) is 10.9. The maximum atomic E-state index is 12.5. The number of benzene rings is 1. The number of thioether (sulfide) groups is 1. The third-order valence-corrected chi connectivity index (χ3v) is 6.15. The Balaban J connectivity index is 1.99. The fraction of sp³-hybridized carbons (Fsp3) is 0.353. The summed E-state index contributed by atoms with van der Waals surface area (Å²) in [7, 11) is 1.55. The molecule has 0 spiro atoms. The molecule has 6 heteroatoms. The highest BCUT2D eigenvalue weighted by Crippen LogP contribution is 2.48. The van der Waals surface area contributed by atoms with Crippen LogP contribution in [-0.4, -0.2) is 29.3 Å². The minimum Gasteiger partial charge on any atom is -0.506 e. The number of amides is 1. The number of halogens is 1. The molecule has 1 heterocycles. The molecule has 2 aliphatic rings. The summed E-state index contributed by atoms with van der Waals surface area (Å²) in [6.07, 6.45) is 7.13. The summed E-state index contributed by atoms with van der Waals surface area (Å²) in [4.78, 5) is 14.2. The zero-order valence-electron chi connectivity index (χ0n) is 13.0. The van der Waals surface area contributed by atoms with E-state index < -0.39 is 0 Å². The van der Waals surface area contributed by atoms with E-state index in [0.717, 1.165) is 10.9 Å². The molecular formula is C17H18BrNO3S. The minimum absolute atomic E-state index is 0.0146. The number of hydrogen-bond acceptors (Lipinski definition) is 4. The van der Waals surface area contributed by atoms with Crippen LogP contribution in [0, 0.1) is 5.41 Å². The Morgan fingerprint density at radius 2 is 2.26 bits per heavy atom. The van der Waals surface area contributed by atoms with Crippen molar-refractivity contribution in [3.8, 4) is 11.5 Å². The number of methoxy groups -OCH3 is 1. The number of allylic oxidation sites excluding steroid dienone is 3. The molecule has 0 saturated carbocycles. The number of aromatic hydroxyl groups is 1. The van der Waals surface area contributed by atoms with E-state index in [2.05, 4.69) is 35.0 Å². The zero-order valence-corrected chi connectivity index (χ0v) is 15.4. The Kier molecular flexibility index (Phi) is 4.47. The van der Waals surface area contributed by atoms with Gasteiger partial charge in [0.25, 0.3) is 0 Å². The molecule has 0 bridgehead atoms. The van der Waals surface area contributed by atoms with Crippen molar-refractivity contribution in [3.05, 3.63) is 40.9 Å². The van der Waals surface area contributed by atoms with Gasteiger partial charge in [-0.15, -0.1) is 11.8 Å². The molecule has 2 atom stereocenters. The molecule has 1 fully saturated rings. The third-order valence-electron chi connectivity index (χ3n) is 4.18. The van der Waals surface area contributed by atoms with E-state index >= 15 is 0 Å². The Bertz CT molecular complexity index is 703. The lowest BCUT2D eigenvalue weighted by Crippen LogP contribution is -2.43. The van der Waals surface area contributed by atoms with E-state index in [4.69, 9.17) is 4.74 Å². The first-order valence-corrected chi connectivity index (χ1v) is 9.14. The topological polar surface area (TPSA) is 49.8 Å². The van der Waals surface area contributed by atoms with Crippen LogP contribution in [-0.2, 0) is 4.79 Å². The van der Waals surface area contributed by atoms with Crippen molar-refractivity contribution in [1.29, 1.82) is 0 Å². The summed E-state index contributed by atoms with van der Waals surface area (Å²) in [6, 6.07) is 5.04. The molecule has 2 unspecified atom stereocenters. The van der Waals surface area contributed by atoms with E-state index in [0.29, 0.717) is 17.2 Å². The SMILES string of the molecule is COc1ccc(N2C(=O)CSC2C2(C)C=C(Br)C=CC2)c(O)c1. The fourth-order valence-corrected chi connectivity index (χ4v) is 5.10. The largest absolute Gasteiger partial charge is 0.506 e. The van der Waals surface area contributed by atoms with Crippen molar-refractivity contribution in [2.45, 2.75) is 18.7 Å². The number of anilines is 1. The Labute approximate surface area is 148 Å². The number of carbonyl (C=O) groups is 1. The number of hydrogen-bond donors (Lipinski definition) is 1. The average Bonchev–Trinajstić information content (AvgIpc) is 2.89. The number of ether oxygens (including phenoxy) is 1. The molecule has 1 aromatic carbocycles. The number of carbonyl (C=O) groups excluding carboxylic acids is 1. The van der Waals surface area contributed by atoms with Crippen LogP contribution in [0.4, 0.5) is 5.69 Å². The molecule has 1 aliphatic heterocycles. The van der Waals surface area contributed by atoms with Gasteiger partial charge in [0.2, 0.25) is 5.91 Å². The summed E-state index contributed by atoms with van der Waals surface area (Å²) in [5.41, 5.74) is 0.336. The summed E-state index contributed by atoms with van der Waals surface area (Å²) >= 11 is 5.15. The van der Waals surface area contributed by atoms with Crippen LogP contribution in [0.25, 0.3) is 0 Å². The molecule has 1 aliphatic carbocycles. The van der Waals surface area contributed by atoms with E-state index in [1.165, 1.54) is 6.07 Å². The van der Waals surface area contributed by atoms with Crippen molar-refractivity contribution >= 4 is 39.3 Å². The van der Waals surface area contributed by atoms with Crippen molar-refractivity contribution in [1.82, 2.24) is 0 Å². The van der Waals surface area contributed by atoms with E-state index in [1.807, 2.05) is 6.08 Å². The molecule has 1 amide bonds. The average molecular weight is 396 g/mol. The predicted octanol–water partition coefficient (Wildman–Crippen LogP) is 4.05. The van der Waals surface area contributed by atoms with Crippen LogP contribution in [0.5, 0.6) is 11.5 Å². The summed E-state index contributed by atoms with van der Waals surface area (Å²) < 4.78 is 6.14. The van der Waals surface area contributed by atoms with E-state index in [9.17, 15) is 9.90 Å². The Hall–Kier alpha value is -1.40. The summed E-state index contributed by atoms with van der Waals surface area (Å²) in [6.45, 7) is 2.14. The zero-order chi connectivity index (χ0) is 16.6. The van der Waals surface area contributed by atoms with Crippen molar-refractivity contribution in [2.24, 2.45) is 5.41 Å². The number of phenolic OH excluding ortho intramolecular Hbond substituents is 1. The number of phenols is 1. The monoisotopic (exact) mass is 395 g/mol. The van der Waals surface area contributed by atoms with Gasteiger partial charge in [-0.1, -0.05) is 41.1 Å². The molecule has 0 aromatic heterocycles. The van der Waals surface area contributed by atoms with Crippen LogP contribution in [0.3, 0.4) is 0 Å². The fourth-order valence-electron chi connectivity index (χ4n) is 3.02. The first kappa shape index (κ1) is 16.5. The molecule has 1 saturated heterocycles. The van der Waals surface area contributed by atoms with Gasteiger partial charge < -0.3 is 9.84 Å². The van der Waals surface area contributed by atoms with Gasteiger partial charge in [0.15, 0.2) is 0 Å². The van der Waals surface area contributed by atoms with Gasteiger partial charge in [0, 0.05) is 16.0 Å². The third kappa shape index (κ3) is 3.02. The first-order valence-electron chi connectivity index (χ1n) is 7.30. The van der Waals surface area contributed by atoms with E-state index in [-0.39, 0.29) is 22.4 Å². The maximum Gasteiger partial charge on any atom is 0.238 e. The molecular weight excluding hydrogens is 378 g/mol. The highest BCUT2D eigenvalue weighted by atomic mass is 79.9. The minimum atomic E-state index is -0.198. The second-order valence-electron chi connectivity index (χ2n) is 5.92. The highest BCUT2D eigenvalue weighted by molar-refractivity contribution is 9.11. The molecule has 4 nitrogen and oxygen atoms in total. The van der Waals surface area contributed by atoms with Gasteiger partial charge in [0.05, 0.1) is 23.9 Å². The van der Waals surface area contributed by atoms with Gasteiger partial charge in [-0.05, 0) is 18.6 Å². The van der Waals surface area contributed by atoms with Crippen LogP contribution >= 0.6 is 27.7 Å². The molecule has 1 N–H and O–H groups in total. The summed E-state index contributed by atoms with van der Waals surface area (Å²) in [5, 5.41) is 10.3. The van der Waals surface area contributed by atoms with Gasteiger partial charge in [-0.3, -0.25) is 9.69 Å². The molecule has 3 rings (SSSR count). The lowest BCUT2D eigenvalue weighted by Gasteiger charge is -2.38. The second-order valence-corrected chi connectivity index (χ2v) is 7.91. The smallest absolute Gasteiger partial charge is 0.238 e. The molecule has 1 aromatic rings. The van der Waals surface area contributed by atoms with Gasteiger partial charge >= 0.3 is 0 Å². The van der Waals surface area contributed by atoms with Crippen LogP contribution in [0.1, 0.15) is 13.3 Å². The van der Waals surface area contributed by atoms with Crippen LogP contribution in [0.2, 0.25) is 0 Å². The number of nitrogens with zero attached hydrogens (tertiary/aromatic N) is 1. The Morgan fingerprint density at radius 1 is 1.48 bits per heavy atom. The van der Waals surface area contributed by atoms with Gasteiger partial charge in [-0.2, -0.15) is 0 Å². The van der Waals surface area contributed by atoms with Crippen LogP contribution in [0.15, 0.2) is 40.9 Å². The highest BCUT2D eigenvalue weighted by Gasteiger charge is 2.45. The van der Waals surface area contributed by atoms with Crippen molar-refractivity contribution < 1.29 is 14.6 Å². The molecule has 23 heavy (non-hydrogen) atoms. The standard InChI is InChI=1S/C17H18BrNO3S/c1-17(7-3-4-11(18)9-17)16-19(15(21)10-23-16)13-6-5-12(22-2)8-14(13)20/h3-6,8-9,16,20H,7,10H2,1-2H3. The van der Waals surface area contributed by atoms with Crippen LogP contribution < -0.4 is 9.64 Å². The normalized spacial score (nSPS) is 27.3. The summed E-state index contributed by atoms with van der Waals surface area (Å²) in [5.74, 6) is 1.06. The predicted molar refractivity (Wildman–Crippen MR) is 97.3 cm³/mol. The lowest BCUT2D eigenvalue weighted by molar-refractivity contribution is -0.116. The van der Waals surface area contributed by atoms with Crippen molar-refractivity contribution in [3.63, 3.8) is 0 Å². The lowest BCUT2D eigenvalue weighted by atomic mass is 9.82. The van der Waals surface area contributed by atoms with Gasteiger partial charge in [-0.25, -0.2) is 0 Å². The molecule has 0 radical (unpaired) electrons. The number of rotatable bonds is 3. The molecule has 122 valence electrons. The van der Waals surface area contributed by atoms with Crippen molar-refractivity contribution in [2.75, 3.05) is 17.8 Å². The second kappa shape index (κ2) is 6.24. The van der Waals surface area contributed by atoms with Gasteiger partial charge in [0.1, 0.15) is 11.5 Å². The van der Waals surface area contributed by atoms with E-state index in [1.54, 1.807) is 35.9 Å².